The lowest BCUT2D eigenvalue weighted by Gasteiger charge is -2.33. The number of imidazole rings is 1. The summed E-state index contributed by atoms with van der Waals surface area (Å²) in [6, 6.07) is 12.1. The van der Waals surface area contributed by atoms with Gasteiger partial charge in [0.1, 0.15) is 5.69 Å². The number of carbonyl (C=O) groups is 1. The summed E-state index contributed by atoms with van der Waals surface area (Å²) in [5, 5.41) is 11.5. The molecule has 0 unspecified atom stereocenters. The number of aromatic amines is 2. The molecule has 2 amide bonds. The Kier molecular flexibility index (Phi) is 6.20. The third-order valence-corrected chi connectivity index (χ3v) is 7.67. The van der Waals surface area contributed by atoms with E-state index in [4.69, 9.17) is 4.98 Å². The molecular weight excluding hydrogens is 516 g/mol. The molecule has 3 N–H and O–H groups in total. The van der Waals surface area contributed by atoms with Crippen LogP contribution >= 0.6 is 0 Å². The zero-order valence-electron chi connectivity index (χ0n) is 22.9. The summed E-state index contributed by atoms with van der Waals surface area (Å²) in [5.74, 6) is 0.692. The lowest BCUT2D eigenvalue weighted by Crippen LogP contribution is -2.50. The highest BCUT2D eigenvalue weighted by Crippen LogP contribution is 2.32. The van der Waals surface area contributed by atoms with Gasteiger partial charge in [0.05, 0.1) is 22.1 Å². The van der Waals surface area contributed by atoms with Crippen LogP contribution in [0.2, 0.25) is 0 Å². The molecule has 6 heterocycles. The van der Waals surface area contributed by atoms with Gasteiger partial charge in [-0.05, 0) is 54.1 Å². The summed E-state index contributed by atoms with van der Waals surface area (Å²) < 4.78 is 0. The molecule has 11 nitrogen and oxygen atoms in total. The van der Waals surface area contributed by atoms with Gasteiger partial charge in [0.15, 0.2) is 11.5 Å². The molecule has 2 aliphatic heterocycles. The molecule has 0 aliphatic carbocycles. The average molecular weight is 547 g/mol. The molecule has 7 rings (SSSR count). The Balaban J connectivity index is 1.20. The zero-order valence-corrected chi connectivity index (χ0v) is 22.9. The number of nitrogens with one attached hydrogen (secondary N) is 3. The number of likely N-dealkylation sites (N-methyl/N-ethyl adjacent to an activating group) is 2. The van der Waals surface area contributed by atoms with Gasteiger partial charge in [-0.2, -0.15) is 5.10 Å². The Labute approximate surface area is 236 Å². The first kappa shape index (κ1) is 25.0. The molecule has 5 aromatic rings. The van der Waals surface area contributed by atoms with Gasteiger partial charge in [0.2, 0.25) is 0 Å². The molecule has 1 aromatic carbocycles. The largest absolute Gasteiger partial charge is 0.374 e. The van der Waals surface area contributed by atoms with Crippen LogP contribution in [0, 0.1) is 0 Å². The van der Waals surface area contributed by atoms with Crippen molar-refractivity contribution >= 4 is 33.7 Å². The molecule has 1 fully saturated rings. The first-order valence-electron chi connectivity index (χ1n) is 13.6. The summed E-state index contributed by atoms with van der Waals surface area (Å²) in [6.45, 7) is 3.88. The highest BCUT2D eigenvalue weighted by molar-refractivity contribution is 5.97. The summed E-state index contributed by atoms with van der Waals surface area (Å²) in [6.07, 6.45) is 9.39. The molecule has 41 heavy (non-hydrogen) atoms. The van der Waals surface area contributed by atoms with Crippen molar-refractivity contribution in [2.75, 3.05) is 46.8 Å². The van der Waals surface area contributed by atoms with Gasteiger partial charge in [0, 0.05) is 70.1 Å². The van der Waals surface area contributed by atoms with Crippen molar-refractivity contribution in [1.82, 2.24) is 50.1 Å². The van der Waals surface area contributed by atoms with Crippen LogP contribution in [0.4, 0.5) is 4.79 Å². The number of amides is 2. The maximum Gasteiger partial charge on any atom is 0.321 e. The standard InChI is InChI=1S/C30H30N10O/c1-38-10-12-40(13-11-38)30(41)33-22-14-21(17-39(2)18-22)20-15-24-27(36-37-28(24)32-16-20)29-34-25-5-3-4-23(26(25)35-29)19-6-8-31-9-7-19/h3-9,14-16,18H,10-13,17H2,1-2H3,(H,33,41)(H,34,35)(H,32,36,37). The Hall–Kier alpha value is -5.03. The lowest BCUT2D eigenvalue weighted by molar-refractivity contribution is 0.156. The topological polar surface area (TPSA) is 122 Å². The van der Waals surface area contributed by atoms with Gasteiger partial charge >= 0.3 is 6.03 Å². The molecule has 0 bridgehead atoms. The predicted molar refractivity (Wildman–Crippen MR) is 158 cm³/mol. The SMILES string of the molecule is CN1C=C(NC(=O)N2CCN(C)CC2)C=C(c2cnc3n[nH]c(-c4nc5c(-c6ccncc6)cccc5[nH]4)c3c2)C1. The van der Waals surface area contributed by atoms with E-state index in [1.165, 1.54) is 0 Å². The van der Waals surface area contributed by atoms with Gasteiger partial charge in [-0.3, -0.25) is 10.1 Å². The van der Waals surface area contributed by atoms with E-state index in [9.17, 15) is 4.79 Å². The lowest BCUT2D eigenvalue weighted by atomic mass is 10.0. The van der Waals surface area contributed by atoms with Crippen molar-refractivity contribution in [1.29, 1.82) is 0 Å². The van der Waals surface area contributed by atoms with Gasteiger partial charge in [0.25, 0.3) is 0 Å². The molecule has 0 radical (unpaired) electrons. The number of nitrogens with zero attached hydrogens (tertiary/aromatic N) is 7. The van der Waals surface area contributed by atoms with Crippen LogP contribution in [0.25, 0.3) is 50.3 Å². The number of hydrogen-bond donors (Lipinski definition) is 3. The molecule has 1 saturated heterocycles. The molecule has 2 aliphatic rings. The van der Waals surface area contributed by atoms with E-state index in [1.54, 1.807) is 12.4 Å². The Morgan fingerprint density at radius 1 is 1.02 bits per heavy atom. The third kappa shape index (κ3) is 4.80. The van der Waals surface area contributed by atoms with Crippen molar-refractivity contribution in [3.8, 4) is 22.6 Å². The highest BCUT2D eigenvalue weighted by Gasteiger charge is 2.22. The number of benzene rings is 1. The first-order valence-corrected chi connectivity index (χ1v) is 13.6. The van der Waals surface area contributed by atoms with E-state index in [0.717, 1.165) is 76.3 Å². The zero-order chi connectivity index (χ0) is 27.9. The molecule has 206 valence electrons. The summed E-state index contributed by atoms with van der Waals surface area (Å²) in [4.78, 5) is 36.3. The fourth-order valence-electron chi connectivity index (χ4n) is 5.45. The number of urea groups is 1. The molecule has 0 atom stereocenters. The number of para-hydroxylation sites is 1. The quantitative estimate of drug-likeness (QED) is 0.314. The van der Waals surface area contributed by atoms with E-state index >= 15 is 0 Å². The van der Waals surface area contributed by atoms with Crippen molar-refractivity contribution in [2.24, 2.45) is 0 Å². The number of aromatic nitrogens is 6. The number of fused-ring (bicyclic) bond motifs is 2. The minimum atomic E-state index is -0.0723. The number of H-pyrrole nitrogens is 2. The molecular formula is C30H30N10O. The average Bonchev–Trinajstić information content (AvgIpc) is 3.61. The fourth-order valence-corrected chi connectivity index (χ4v) is 5.45. The second-order valence-electron chi connectivity index (χ2n) is 10.6. The Bertz CT molecular complexity index is 1810. The van der Waals surface area contributed by atoms with Crippen LogP contribution in [-0.2, 0) is 0 Å². The van der Waals surface area contributed by atoms with Gasteiger partial charge in [-0.15, -0.1) is 0 Å². The van der Waals surface area contributed by atoms with Crippen LogP contribution in [-0.4, -0.2) is 97.7 Å². The number of pyridine rings is 2. The third-order valence-electron chi connectivity index (χ3n) is 7.67. The second kappa shape index (κ2) is 10.2. The molecule has 11 heteroatoms. The van der Waals surface area contributed by atoms with Crippen LogP contribution in [0.1, 0.15) is 5.56 Å². The second-order valence-corrected chi connectivity index (χ2v) is 10.6. The van der Waals surface area contributed by atoms with Crippen LogP contribution < -0.4 is 5.32 Å². The summed E-state index contributed by atoms with van der Waals surface area (Å²) in [5.41, 5.74) is 8.05. The predicted octanol–water partition coefficient (Wildman–Crippen LogP) is 3.69. The Morgan fingerprint density at radius 3 is 2.68 bits per heavy atom. The number of hydrogen-bond acceptors (Lipinski definition) is 7. The highest BCUT2D eigenvalue weighted by atomic mass is 16.2. The number of carbonyl (C=O) groups excluding carboxylic acids is 1. The van der Waals surface area contributed by atoms with E-state index in [0.29, 0.717) is 18.0 Å². The summed E-state index contributed by atoms with van der Waals surface area (Å²) >= 11 is 0. The van der Waals surface area contributed by atoms with E-state index in [-0.39, 0.29) is 6.03 Å². The molecule has 0 saturated carbocycles. The fraction of sp³-hybridized carbons (Fsp3) is 0.233. The minimum absolute atomic E-state index is 0.0723. The van der Waals surface area contributed by atoms with E-state index in [1.807, 2.05) is 54.7 Å². The van der Waals surface area contributed by atoms with Crippen molar-refractivity contribution in [2.45, 2.75) is 0 Å². The van der Waals surface area contributed by atoms with Gasteiger partial charge in [-0.25, -0.2) is 14.8 Å². The normalized spacial score (nSPS) is 16.2. The molecule has 4 aromatic heterocycles. The minimum Gasteiger partial charge on any atom is -0.374 e. The summed E-state index contributed by atoms with van der Waals surface area (Å²) in [7, 11) is 4.08. The van der Waals surface area contributed by atoms with Crippen molar-refractivity contribution < 1.29 is 4.79 Å². The first-order chi connectivity index (χ1) is 20.0. The number of piperazine rings is 1. The Morgan fingerprint density at radius 2 is 1.85 bits per heavy atom. The van der Waals surface area contributed by atoms with Crippen LogP contribution in [0.15, 0.2) is 73.0 Å². The van der Waals surface area contributed by atoms with Crippen LogP contribution in [0.5, 0.6) is 0 Å². The maximum absolute atomic E-state index is 12.9. The monoisotopic (exact) mass is 546 g/mol. The molecule has 0 spiro atoms. The van der Waals surface area contributed by atoms with E-state index < -0.39 is 0 Å². The van der Waals surface area contributed by atoms with Gasteiger partial charge < -0.3 is 25.0 Å². The van der Waals surface area contributed by atoms with E-state index in [2.05, 4.69) is 59.4 Å². The van der Waals surface area contributed by atoms with Crippen molar-refractivity contribution in [3.05, 3.63) is 78.5 Å². The van der Waals surface area contributed by atoms with Gasteiger partial charge in [-0.1, -0.05) is 12.1 Å². The maximum atomic E-state index is 12.9. The van der Waals surface area contributed by atoms with Crippen molar-refractivity contribution in [3.63, 3.8) is 0 Å². The number of allylic oxidation sites excluding steroid dienone is 1. The smallest absolute Gasteiger partial charge is 0.321 e. The number of rotatable bonds is 4. The van der Waals surface area contributed by atoms with Crippen LogP contribution in [0.3, 0.4) is 0 Å².